The molecule has 0 fully saturated rings. The Hall–Kier alpha value is -2.06. The number of halogens is 1. The minimum Gasteiger partial charge on any atom is -0.357 e. The molecule has 0 aliphatic carbocycles. The van der Waals surface area contributed by atoms with Crippen LogP contribution in [0.15, 0.2) is 71.5 Å². The third kappa shape index (κ3) is 2.85. The van der Waals surface area contributed by atoms with Crippen molar-refractivity contribution < 1.29 is 0 Å². The average Bonchev–Trinajstić information content (AvgIpc) is 2.82. The molecule has 3 heteroatoms. The molecule has 0 aromatic heterocycles. The van der Waals surface area contributed by atoms with E-state index in [2.05, 4.69) is 35.4 Å². The van der Waals surface area contributed by atoms with Gasteiger partial charge in [-0.15, -0.1) is 12.4 Å². The lowest BCUT2D eigenvalue weighted by Gasteiger charge is -2.11. The largest absolute Gasteiger partial charge is 0.357 e. The Labute approximate surface area is 119 Å². The second-order valence-corrected chi connectivity index (χ2v) is 4.36. The zero-order valence-corrected chi connectivity index (χ0v) is 11.5. The van der Waals surface area contributed by atoms with Gasteiger partial charge in [0.1, 0.15) is 0 Å². The number of aliphatic imine (C=N–C) groups is 1. The second-order valence-electron chi connectivity index (χ2n) is 4.36. The van der Waals surface area contributed by atoms with E-state index in [-0.39, 0.29) is 12.4 Å². The zero-order valence-electron chi connectivity index (χ0n) is 10.7. The van der Waals surface area contributed by atoms with Crippen molar-refractivity contribution in [2.45, 2.75) is 0 Å². The predicted octanol–water partition coefficient (Wildman–Crippen LogP) is 4.11. The molecule has 0 amide bonds. The minimum atomic E-state index is 0. The van der Waals surface area contributed by atoms with Crippen LogP contribution in [-0.4, -0.2) is 18.2 Å². The maximum absolute atomic E-state index is 4.39. The number of nitrogens with zero attached hydrogens (tertiary/aromatic N) is 2. The van der Waals surface area contributed by atoms with Gasteiger partial charge < -0.3 is 4.90 Å². The number of rotatable bonds is 1. The summed E-state index contributed by atoms with van der Waals surface area (Å²) in [6.45, 7) is 0. The van der Waals surface area contributed by atoms with Gasteiger partial charge in [-0.3, -0.25) is 4.99 Å². The van der Waals surface area contributed by atoms with Gasteiger partial charge in [0.25, 0.3) is 0 Å². The van der Waals surface area contributed by atoms with E-state index in [4.69, 9.17) is 0 Å². The molecule has 0 saturated carbocycles. The van der Waals surface area contributed by atoms with E-state index in [1.807, 2.05) is 48.8 Å². The normalized spacial score (nSPS) is 17.6. The number of benzene rings is 1. The molecule has 0 N–H and O–H groups in total. The first-order valence-corrected chi connectivity index (χ1v) is 5.97. The molecule has 2 nitrogen and oxygen atoms in total. The van der Waals surface area contributed by atoms with Crippen molar-refractivity contribution in [1.29, 1.82) is 0 Å². The first-order chi connectivity index (χ1) is 8.83. The highest BCUT2D eigenvalue weighted by Gasteiger charge is 2.09. The van der Waals surface area contributed by atoms with E-state index < -0.39 is 0 Å². The third-order valence-electron chi connectivity index (χ3n) is 3.02. The fourth-order valence-electron chi connectivity index (χ4n) is 1.98. The Morgan fingerprint density at radius 2 is 1.79 bits per heavy atom. The van der Waals surface area contributed by atoms with Crippen molar-refractivity contribution in [3.63, 3.8) is 0 Å². The maximum atomic E-state index is 4.39. The molecular formula is C16H15ClN2. The molecule has 1 aromatic carbocycles. The molecule has 0 spiro atoms. The summed E-state index contributed by atoms with van der Waals surface area (Å²) in [5.41, 5.74) is 4.61. The smallest absolute Gasteiger partial charge is 0.0708 e. The van der Waals surface area contributed by atoms with Gasteiger partial charge >= 0.3 is 0 Å². The number of allylic oxidation sites excluding steroid dienone is 6. The van der Waals surface area contributed by atoms with E-state index in [9.17, 15) is 0 Å². The van der Waals surface area contributed by atoms with Crippen LogP contribution in [0.25, 0.3) is 5.57 Å². The summed E-state index contributed by atoms with van der Waals surface area (Å²) in [6.07, 6.45) is 14.4. The van der Waals surface area contributed by atoms with E-state index in [1.165, 1.54) is 16.7 Å². The molecule has 96 valence electrons. The first-order valence-electron chi connectivity index (χ1n) is 5.97. The molecule has 2 heterocycles. The zero-order chi connectivity index (χ0) is 12.4. The van der Waals surface area contributed by atoms with Crippen molar-refractivity contribution in [2.24, 2.45) is 4.99 Å². The van der Waals surface area contributed by atoms with Crippen molar-refractivity contribution in [1.82, 2.24) is 4.90 Å². The monoisotopic (exact) mass is 270 g/mol. The van der Waals surface area contributed by atoms with Crippen LogP contribution in [0.5, 0.6) is 0 Å². The average molecular weight is 271 g/mol. The number of hydrogen-bond acceptors (Lipinski definition) is 2. The molecule has 1 aromatic rings. The Balaban J connectivity index is 0.00000133. The third-order valence-corrected chi connectivity index (χ3v) is 3.02. The van der Waals surface area contributed by atoms with Gasteiger partial charge in [-0.2, -0.15) is 0 Å². The highest BCUT2D eigenvalue weighted by atomic mass is 35.5. The van der Waals surface area contributed by atoms with Crippen molar-refractivity contribution in [3.05, 3.63) is 72.1 Å². The van der Waals surface area contributed by atoms with Gasteiger partial charge in [0, 0.05) is 36.8 Å². The van der Waals surface area contributed by atoms with Crippen LogP contribution in [0.1, 0.15) is 5.56 Å². The van der Waals surface area contributed by atoms with E-state index in [1.54, 1.807) is 0 Å². The molecule has 3 rings (SSSR count). The second kappa shape index (κ2) is 5.72. The summed E-state index contributed by atoms with van der Waals surface area (Å²) in [7, 11) is 2.02. The maximum Gasteiger partial charge on any atom is 0.0708 e. The van der Waals surface area contributed by atoms with Crippen molar-refractivity contribution >= 4 is 29.9 Å². The molecular weight excluding hydrogens is 256 g/mol. The Bertz CT molecular complexity index is 605. The van der Waals surface area contributed by atoms with Crippen molar-refractivity contribution in [2.75, 3.05) is 7.05 Å². The number of fused-ring (bicyclic) bond motifs is 1. The van der Waals surface area contributed by atoms with Gasteiger partial charge in [0.05, 0.1) is 5.69 Å². The van der Waals surface area contributed by atoms with Crippen LogP contribution in [0.3, 0.4) is 0 Å². The van der Waals surface area contributed by atoms with Crippen LogP contribution in [0.2, 0.25) is 0 Å². The van der Waals surface area contributed by atoms with Crippen molar-refractivity contribution in [3.8, 4) is 0 Å². The van der Waals surface area contributed by atoms with E-state index in [0.717, 1.165) is 5.69 Å². The topological polar surface area (TPSA) is 15.6 Å². The Morgan fingerprint density at radius 3 is 2.58 bits per heavy atom. The number of hydrogen-bond donors (Lipinski definition) is 0. The molecule has 0 radical (unpaired) electrons. The summed E-state index contributed by atoms with van der Waals surface area (Å²) in [5, 5.41) is 0. The van der Waals surface area contributed by atoms with E-state index >= 15 is 0 Å². The molecule has 2 aliphatic heterocycles. The Kier molecular flexibility index (Phi) is 4.03. The highest BCUT2D eigenvalue weighted by molar-refractivity contribution is 6.16. The van der Waals surface area contributed by atoms with E-state index in [0.29, 0.717) is 0 Å². The molecule has 0 bridgehead atoms. The van der Waals surface area contributed by atoms with Gasteiger partial charge in [-0.25, -0.2) is 0 Å². The fourth-order valence-corrected chi connectivity index (χ4v) is 1.98. The number of para-hydroxylation sites is 1. The minimum absolute atomic E-state index is 0. The quantitative estimate of drug-likeness (QED) is 0.750. The van der Waals surface area contributed by atoms with Crippen LogP contribution < -0.4 is 0 Å². The summed E-state index contributed by atoms with van der Waals surface area (Å²) < 4.78 is 0. The SMILES string of the molecule is CN1C=CC(=CC=C2C=Nc3ccccc32)C=C1.Cl. The Morgan fingerprint density at radius 1 is 1.05 bits per heavy atom. The molecule has 0 unspecified atom stereocenters. The molecule has 2 aliphatic rings. The summed E-state index contributed by atoms with van der Waals surface area (Å²) >= 11 is 0. The van der Waals surface area contributed by atoms with Crippen LogP contribution in [0.4, 0.5) is 5.69 Å². The summed E-state index contributed by atoms with van der Waals surface area (Å²) in [6, 6.07) is 8.20. The highest BCUT2D eigenvalue weighted by Crippen LogP contribution is 2.30. The lowest BCUT2D eigenvalue weighted by Crippen LogP contribution is -2.02. The van der Waals surface area contributed by atoms with Gasteiger partial charge in [0.15, 0.2) is 0 Å². The van der Waals surface area contributed by atoms with Crippen LogP contribution >= 0.6 is 12.4 Å². The summed E-state index contributed by atoms with van der Waals surface area (Å²) in [4.78, 5) is 6.41. The van der Waals surface area contributed by atoms with Gasteiger partial charge in [-0.1, -0.05) is 30.4 Å². The molecule has 0 atom stereocenters. The standard InChI is InChI=1S/C16H14N2.ClH/c1-18-10-8-13(9-11-18)6-7-14-12-17-16-5-3-2-4-15(14)16;/h2-12H,1H3;1H. The summed E-state index contributed by atoms with van der Waals surface area (Å²) in [5.74, 6) is 0. The molecule has 19 heavy (non-hydrogen) atoms. The lowest BCUT2D eigenvalue weighted by molar-refractivity contribution is 0.620. The lowest BCUT2D eigenvalue weighted by atomic mass is 10.1. The fraction of sp³-hybridized carbons (Fsp3) is 0.0625. The van der Waals surface area contributed by atoms with Crippen LogP contribution in [-0.2, 0) is 0 Å². The first kappa shape index (κ1) is 13.4. The van der Waals surface area contributed by atoms with Crippen LogP contribution in [0, 0.1) is 0 Å². The van der Waals surface area contributed by atoms with Gasteiger partial charge in [-0.05, 0) is 23.8 Å². The van der Waals surface area contributed by atoms with Gasteiger partial charge in [0.2, 0.25) is 0 Å². The molecule has 0 saturated heterocycles. The predicted molar refractivity (Wildman–Crippen MR) is 83.9 cm³/mol.